The van der Waals surface area contributed by atoms with E-state index < -0.39 is 0 Å². The average Bonchev–Trinajstić information content (AvgIpc) is 2.25. The molecule has 0 radical (unpaired) electrons. The molecule has 1 atom stereocenters. The number of rotatable bonds is 3. The molecule has 3 heteroatoms. The molecule has 0 amide bonds. The van der Waals surface area contributed by atoms with Gasteiger partial charge in [0.15, 0.2) is 0 Å². The van der Waals surface area contributed by atoms with Crippen LogP contribution >= 0.6 is 0 Å². The van der Waals surface area contributed by atoms with Crippen LogP contribution in [0.4, 0.5) is 0 Å². The maximum Gasteiger partial charge on any atom is 0.0760 e. The molecule has 1 unspecified atom stereocenters. The van der Waals surface area contributed by atoms with Gasteiger partial charge in [-0.1, -0.05) is 19.3 Å². The molecule has 1 saturated carbocycles. The number of morpholine rings is 1. The molecular weight excluding hydrogens is 236 g/mol. The van der Waals surface area contributed by atoms with Crippen molar-refractivity contribution in [1.29, 1.82) is 0 Å². The van der Waals surface area contributed by atoms with Crippen molar-refractivity contribution in [2.24, 2.45) is 11.7 Å². The first-order valence-electron chi connectivity index (χ1n) is 7.96. The van der Waals surface area contributed by atoms with Crippen LogP contribution in [0.25, 0.3) is 0 Å². The van der Waals surface area contributed by atoms with Gasteiger partial charge in [0, 0.05) is 25.7 Å². The normalized spacial score (nSPS) is 30.2. The van der Waals surface area contributed by atoms with Crippen LogP contribution in [0.3, 0.4) is 0 Å². The van der Waals surface area contributed by atoms with Gasteiger partial charge in [-0.2, -0.15) is 0 Å². The molecule has 0 aromatic heterocycles. The topological polar surface area (TPSA) is 38.5 Å². The highest BCUT2D eigenvalue weighted by atomic mass is 16.5. The van der Waals surface area contributed by atoms with Crippen LogP contribution in [0.2, 0.25) is 0 Å². The zero-order chi connectivity index (χ0) is 14.1. The van der Waals surface area contributed by atoms with Gasteiger partial charge in [-0.25, -0.2) is 0 Å². The minimum atomic E-state index is -0.0615. The Morgan fingerprint density at radius 3 is 2.11 bits per heavy atom. The summed E-state index contributed by atoms with van der Waals surface area (Å²) in [5.74, 6) is 0.739. The summed E-state index contributed by atoms with van der Waals surface area (Å²) in [5.41, 5.74) is 6.35. The van der Waals surface area contributed by atoms with Crippen LogP contribution in [0, 0.1) is 5.92 Å². The maximum absolute atomic E-state index is 6.47. The minimum absolute atomic E-state index is 0.0615. The van der Waals surface area contributed by atoms with Crippen molar-refractivity contribution in [3.05, 3.63) is 0 Å². The van der Waals surface area contributed by atoms with E-state index in [4.69, 9.17) is 10.5 Å². The van der Waals surface area contributed by atoms with E-state index in [1.807, 2.05) is 0 Å². The Hall–Kier alpha value is -0.120. The molecule has 2 rings (SSSR count). The summed E-state index contributed by atoms with van der Waals surface area (Å²) in [5, 5.41) is 0. The van der Waals surface area contributed by atoms with Crippen molar-refractivity contribution < 1.29 is 4.74 Å². The van der Waals surface area contributed by atoms with Crippen LogP contribution in [0.15, 0.2) is 0 Å². The summed E-state index contributed by atoms with van der Waals surface area (Å²) in [6.45, 7) is 11.8. The molecule has 1 heterocycles. The summed E-state index contributed by atoms with van der Waals surface area (Å²) < 4.78 is 6.14. The molecule has 2 aliphatic rings. The summed E-state index contributed by atoms with van der Waals surface area (Å²) in [6, 6.07) is 0.338. The van der Waals surface area contributed by atoms with E-state index in [0.717, 1.165) is 25.6 Å². The molecule has 0 aromatic rings. The lowest BCUT2D eigenvalue weighted by Crippen LogP contribution is -2.59. The van der Waals surface area contributed by atoms with Crippen molar-refractivity contribution in [2.45, 2.75) is 77.0 Å². The Labute approximate surface area is 118 Å². The third-order valence-electron chi connectivity index (χ3n) is 4.49. The first kappa shape index (κ1) is 15.3. The van der Waals surface area contributed by atoms with Crippen molar-refractivity contribution in [3.8, 4) is 0 Å². The lowest BCUT2D eigenvalue weighted by Gasteiger charge is -2.48. The van der Waals surface area contributed by atoms with Crippen LogP contribution < -0.4 is 5.73 Å². The van der Waals surface area contributed by atoms with Crippen LogP contribution in [-0.2, 0) is 4.74 Å². The van der Waals surface area contributed by atoms with Gasteiger partial charge in [-0.05, 0) is 46.5 Å². The lowest BCUT2D eigenvalue weighted by atomic mass is 9.83. The van der Waals surface area contributed by atoms with E-state index in [1.54, 1.807) is 0 Å². The number of nitrogens with zero attached hydrogens (tertiary/aromatic N) is 1. The Morgan fingerprint density at radius 2 is 1.58 bits per heavy atom. The van der Waals surface area contributed by atoms with Crippen LogP contribution in [0.1, 0.15) is 59.8 Å². The largest absolute Gasteiger partial charge is 0.367 e. The summed E-state index contributed by atoms with van der Waals surface area (Å²) >= 11 is 0. The highest BCUT2D eigenvalue weighted by Crippen LogP contribution is 2.30. The lowest BCUT2D eigenvalue weighted by molar-refractivity contribution is -0.181. The zero-order valence-corrected chi connectivity index (χ0v) is 13.2. The molecule has 1 saturated heterocycles. The van der Waals surface area contributed by atoms with Crippen molar-refractivity contribution >= 4 is 0 Å². The molecule has 0 bridgehead atoms. The smallest absolute Gasteiger partial charge is 0.0760 e. The predicted molar refractivity (Wildman–Crippen MR) is 80.2 cm³/mol. The van der Waals surface area contributed by atoms with E-state index in [1.165, 1.54) is 32.1 Å². The van der Waals surface area contributed by atoms with E-state index in [0.29, 0.717) is 6.04 Å². The maximum atomic E-state index is 6.47. The van der Waals surface area contributed by atoms with Gasteiger partial charge in [-0.15, -0.1) is 0 Å². The third-order valence-corrected chi connectivity index (χ3v) is 4.49. The third kappa shape index (κ3) is 4.44. The molecular formula is C16H32N2O. The van der Waals surface area contributed by atoms with Crippen LogP contribution in [-0.4, -0.2) is 41.8 Å². The number of ether oxygens (including phenoxy) is 1. The van der Waals surface area contributed by atoms with Gasteiger partial charge in [0.2, 0.25) is 0 Å². The molecule has 1 aliphatic heterocycles. The Kier molecular flexibility index (Phi) is 4.59. The first-order valence-corrected chi connectivity index (χ1v) is 7.96. The Bertz CT molecular complexity index is 279. The highest BCUT2D eigenvalue weighted by molar-refractivity contribution is 4.91. The summed E-state index contributed by atoms with van der Waals surface area (Å²) in [6.07, 6.45) is 6.81. The fourth-order valence-corrected chi connectivity index (χ4v) is 4.08. The van der Waals surface area contributed by atoms with Crippen LogP contribution in [0.5, 0.6) is 0 Å². The molecule has 0 spiro atoms. The molecule has 2 fully saturated rings. The molecule has 112 valence electrons. The van der Waals surface area contributed by atoms with Gasteiger partial charge >= 0.3 is 0 Å². The van der Waals surface area contributed by atoms with E-state index >= 15 is 0 Å². The van der Waals surface area contributed by atoms with Crippen molar-refractivity contribution in [1.82, 2.24) is 4.90 Å². The molecule has 2 N–H and O–H groups in total. The number of hydrogen-bond donors (Lipinski definition) is 1. The van der Waals surface area contributed by atoms with E-state index in [9.17, 15) is 0 Å². The van der Waals surface area contributed by atoms with Gasteiger partial charge in [0.05, 0.1) is 11.2 Å². The van der Waals surface area contributed by atoms with Gasteiger partial charge < -0.3 is 10.5 Å². The second kappa shape index (κ2) is 5.71. The number of hydrogen-bond acceptors (Lipinski definition) is 3. The van der Waals surface area contributed by atoms with E-state index in [2.05, 4.69) is 32.6 Å². The fraction of sp³-hybridized carbons (Fsp3) is 1.00. The highest BCUT2D eigenvalue weighted by Gasteiger charge is 2.38. The molecule has 3 nitrogen and oxygen atoms in total. The monoisotopic (exact) mass is 268 g/mol. The van der Waals surface area contributed by atoms with Gasteiger partial charge in [-0.3, -0.25) is 4.90 Å². The summed E-state index contributed by atoms with van der Waals surface area (Å²) in [7, 11) is 0. The van der Waals surface area contributed by atoms with E-state index in [-0.39, 0.29) is 11.2 Å². The molecule has 1 aliphatic carbocycles. The number of nitrogens with two attached hydrogens (primary N) is 1. The van der Waals surface area contributed by atoms with Crippen molar-refractivity contribution in [2.75, 3.05) is 19.6 Å². The first-order chi connectivity index (χ1) is 8.77. The molecule has 0 aromatic carbocycles. The Balaban J connectivity index is 1.90. The SMILES string of the molecule is CC1(C)CN(CC(N)C2CCCCC2)CC(C)(C)O1. The zero-order valence-electron chi connectivity index (χ0n) is 13.2. The minimum Gasteiger partial charge on any atom is -0.367 e. The Morgan fingerprint density at radius 1 is 1.05 bits per heavy atom. The quantitative estimate of drug-likeness (QED) is 0.855. The molecule has 19 heavy (non-hydrogen) atoms. The average molecular weight is 268 g/mol. The second-order valence-electron chi connectivity index (χ2n) is 7.85. The van der Waals surface area contributed by atoms with Crippen molar-refractivity contribution in [3.63, 3.8) is 0 Å². The fourth-order valence-electron chi connectivity index (χ4n) is 4.08. The van der Waals surface area contributed by atoms with Gasteiger partial charge in [0.1, 0.15) is 0 Å². The predicted octanol–water partition coefficient (Wildman–Crippen LogP) is 2.78. The standard InChI is InChI=1S/C16H32N2O/c1-15(2)11-18(12-16(3,4)19-15)10-14(17)13-8-6-5-7-9-13/h13-14H,5-12,17H2,1-4H3. The second-order valence-corrected chi connectivity index (χ2v) is 7.85. The summed E-state index contributed by atoms with van der Waals surface area (Å²) in [4.78, 5) is 2.52. The van der Waals surface area contributed by atoms with Gasteiger partial charge in [0.25, 0.3) is 0 Å².